The zero-order valence-corrected chi connectivity index (χ0v) is 11.0. The average molecular weight is 278 g/mol. The van der Waals surface area contributed by atoms with Crippen molar-refractivity contribution in [2.75, 3.05) is 13.1 Å². The first-order chi connectivity index (χ1) is 8.80. The SMILES string of the molecule is NC1(CC(=O)N2CCCC(C(F)(F)F)C2)CCCC1. The third-order valence-corrected chi connectivity index (χ3v) is 4.34. The van der Waals surface area contributed by atoms with Crippen molar-refractivity contribution in [3.63, 3.8) is 0 Å². The van der Waals surface area contributed by atoms with E-state index in [4.69, 9.17) is 5.73 Å². The number of hydrogen-bond donors (Lipinski definition) is 1. The van der Waals surface area contributed by atoms with Gasteiger partial charge in [0.05, 0.1) is 5.92 Å². The number of nitrogens with two attached hydrogens (primary N) is 1. The van der Waals surface area contributed by atoms with Gasteiger partial charge in [0.2, 0.25) is 5.91 Å². The fourth-order valence-electron chi connectivity index (χ4n) is 3.14. The van der Waals surface area contributed by atoms with Crippen LogP contribution in [0.1, 0.15) is 44.9 Å². The summed E-state index contributed by atoms with van der Waals surface area (Å²) in [5, 5.41) is 0. The molecule has 0 bridgehead atoms. The highest BCUT2D eigenvalue weighted by atomic mass is 19.4. The molecular weight excluding hydrogens is 257 g/mol. The van der Waals surface area contributed by atoms with Gasteiger partial charge < -0.3 is 10.6 Å². The number of alkyl halides is 3. The van der Waals surface area contributed by atoms with Crippen molar-refractivity contribution in [1.82, 2.24) is 4.90 Å². The summed E-state index contributed by atoms with van der Waals surface area (Å²) < 4.78 is 38.1. The van der Waals surface area contributed by atoms with E-state index in [1.54, 1.807) is 0 Å². The Hall–Kier alpha value is -0.780. The molecule has 1 saturated heterocycles. The topological polar surface area (TPSA) is 46.3 Å². The number of piperidine rings is 1. The van der Waals surface area contributed by atoms with Crippen LogP contribution in [0, 0.1) is 5.92 Å². The van der Waals surface area contributed by atoms with Gasteiger partial charge in [-0.1, -0.05) is 12.8 Å². The maximum atomic E-state index is 12.7. The van der Waals surface area contributed by atoms with E-state index in [0.29, 0.717) is 13.0 Å². The highest BCUT2D eigenvalue weighted by Crippen LogP contribution is 2.35. The Balaban J connectivity index is 1.92. The highest BCUT2D eigenvalue weighted by Gasteiger charge is 2.43. The van der Waals surface area contributed by atoms with Crippen molar-refractivity contribution in [2.24, 2.45) is 11.7 Å². The molecule has 1 aliphatic carbocycles. The van der Waals surface area contributed by atoms with Gasteiger partial charge in [0.25, 0.3) is 0 Å². The molecule has 2 N–H and O–H groups in total. The summed E-state index contributed by atoms with van der Waals surface area (Å²) >= 11 is 0. The van der Waals surface area contributed by atoms with Gasteiger partial charge in [0, 0.05) is 25.0 Å². The van der Waals surface area contributed by atoms with Crippen molar-refractivity contribution < 1.29 is 18.0 Å². The molecule has 0 aromatic rings. The maximum absolute atomic E-state index is 12.7. The van der Waals surface area contributed by atoms with Crippen LogP contribution in [0.25, 0.3) is 0 Å². The van der Waals surface area contributed by atoms with Crippen molar-refractivity contribution in [3.8, 4) is 0 Å². The second-order valence-corrected chi connectivity index (χ2v) is 5.97. The number of nitrogens with zero attached hydrogens (tertiary/aromatic N) is 1. The third-order valence-electron chi connectivity index (χ3n) is 4.34. The van der Waals surface area contributed by atoms with Gasteiger partial charge in [-0.3, -0.25) is 4.79 Å². The minimum Gasteiger partial charge on any atom is -0.342 e. The fourth-order valence-corrected chi connectivity index (χ4v) is 3.14. The Morgan fingerprint density at radius 1 is 1.26 bits per heavy atom. The van der Waals surface area contributed by atoms with E-state index >= 15 is 0 Å². The van der Waals surface area contributed by atoms with Crippen LogP contribution in [0.15, 0.2) is 0 Å². The first-order valence-electron chi connectivity index (χ1n) is 6.94. The third kappa shape index (κ3) is 3.61. The molecule has 1 saturated carbocycles. The number of carbonyl (C=O) groups excluding carboxylic acids is 1. The minimum atomic E-state index is -4.20. The molecule has 0 aromatic carbocycles. The summed E-state index contributed by atoms with van der Waals surface area (Å²) in [5.41, 5.74) is 5.63. The molecule has 0 aromatic heterocycles. The Morgan fingerprint density at radius 3 is 2.47 bits per heavy atom. The summed E-state index contributed by atoms with van der Waals surface area (Å²) in [5.74, 6) is -1.58. The lowest BCUT2D eigenvalue weighted by molar-refractivity contribution is -0.188. The van der Waals surface area contributed by atoms with E-state index in [1.807, 2.05) is 0 Å². The number of carbonyl (C=O) groups is 1. The van der Waals surface area contributed by atoms with Crippen LogP contribution in [0.3, 0.4) is 0 Å². The Bertz CT molecular complexity index is 337. The maximum Gasteiger partial charge on any atom is 0.393 e. The first kappa shape index (κ1) is 14.6. The average Bonchev–Trinajstić information content (AvgIpc) is 2.75. The van der Waals surface area contributed by atoms with Crippen LogP contribution in [-0.4, -0.2) is 35.6 Å². The number of likely N-dealkylation sites (tertiary alicyclic amines) is 1. The highest BCUT2D eigenvalue weighted by molar-refractivity contribution is 5.77. The van der Waals surface area contributed by atoms with Gasteiger partial charge in [-0.05, 0) is 25.7 Å². The molecule has 1 atom stereocenters. The standard InChI is InChI=1S/C13H21F3N2O/c14-13(15,16)10-4-3-7-18(9-10)11(19)8-12(17)5-1-2-6-12/h10H,1-9,17H2. The lowest BCUT2D eigenvalue weighted by Gasteiger charge is -2.35. The lowest BCUT2D eigenvalue weighted by Crippen LogP contribution is -2.48. The normalized spacial score (nSPS) is 27.6. The van der Waals surface area contributed by atoms with Gasteiger partial charge in [-0.15, -0.1) is 0 Å². The van der Waals surface area contributed by atoms with E-state index in [0.717, 1.165) is 25.7 Å². The van der Waals surface area contributed by atoms with Crippen LogP contribution in [0.4, 0.5) is 13.2 Å². The summed E-state index contributed by atoms with van der Waals surface area (Å²) in [4.78, 5) is 13.5. The zero-order chi connectivity index (χ0) is 14.1. The van der Waals surface area contributed by atoms with Crippen LogP contribution in [0.5, 0.6) is 0 Å². The van der Waals surface area contributed by atoms with Gasteiger partial charge in [-0.2, -0.15) is 13.2 Å². The summed E-state index contributed by atoms with van der Waals surface area (Å²) in [6, 6.07) is 0. The summed E-state index contributed by atoms with van der Waals surface area (Å²) in [7, 11) is 0. The molecule has 2 aliphatic rings. The molecule has 0 spiro atoms. The van der Waals surface area contributed by atoms with Crippen LogP contribution < -0.4 is 5.73 Å². The van der Waals surface area contributed by atoms with Crippen molar-refractivity contribution >= 4 is 5.91 Å². The minimum absolute atomic E-state index is 0.126. The van der Waals surface area contributed by atoms with Crippen LogP contribution in [0.2, 0.25) is 0 Å². The van der Waals surface area contributed by atoms with Gasteiger partial charge >= 0.3 is 6.18 Å². The smallest absolute Gasteiger partial charge is 0.342 e. The molecule has 1 aliphatic heterocycles. The van der Waals surface area contributed by atoms with E-state index in [9.17, 15) is 18.0 Å². The molecule has 3 nitrogen and oxygen atoms in total. The van der Waals surface area contributed by atoms with Crippen molar-refractivity contribution in [3.05, 3.63) is 0 Å². The van der Waals surface area contributed by atoms with Crippen LogP contribution >= 0.6 is 0 Å². The summed E-state index contributed by atoms with van der Waals surface area (Å²) in [6.45, 7) is 0.236. The molecule has 1 heterocycles. The largest absolute Gasteiger partial charge is 0.393 e. The molecule has 1 unspecified atom stereocenters. The molecule has 0 radical (unpaired) electrons. The van der Waals surface area contributed by atoms with E-state index in [1.165, 1.54) is 4.90 Å². The van der Waals surface area contributed by atoms with Crippen LogP contribution in [-0.2, 0) is 4.79 Å². The molecule has 19 heavy (non-hydrogen) atoms. The molecule has 2 rings (SSSR count). The number of hydrogen-bond acceptors (Lipinski definition) is 2. The second-order valence-electron chi connectivity index (χ2n) is 5.97. The Kier molecular flexibility index (Phi) is 4.08. The Morgan fingerprint density at radius 2 is 1.89 bits per heavy atom. The first-order valence-corrected chi connectivity index (χ1v) is 6.94. The monoisotopic (exact) mass is 278 g/mol. The molecule has 1 amide bonds. The van der Waals surface area contributed by atoms with E-state index in [-0.39, 0.29) is 25.3 Å². The van der Waals surface area contributed by atoms with Crippen molar-refractivity contribution in [1.29, 1.82) is 0 Å². The molecule has 110 valence electrons. The second kappa shape index (κ2) is 5.31. The van der Waals surface area contributed by atoms with Gasteiger partial charge in [0.1, 0.15) is 0 Å². The summed E-state index contributed by atoms with van der Waals surface area (Å²) in [6.07, 6.45) is 0.160. The van der Waals surface area contributed by atoms with Crippen molar-refractivity contribution in [2.45, 2.75) is 56.7 Å². The number of rotatable bonds is 2. The lowest BCUT2D eigenvalue weighted by atomic mass is 9.92. The fraction of sp³-hybridized carbons (Fsp3) is 0.923. The Labute approximate surface area is 111 Å². The number of amides is 1. The molecular formula is C13H21F3N2O. The quantitative estimate of drug-likeness (QED) is 0.843. The number of halogens is 3. The van der Waals surface area contributed by atoms with E-state index < -0.39 is 17.6 Å². The van der Waals surface area contributed by atoms with Gasteiger partial charge in [0.15, 0.2) is 0 Å². The van der Waals surface area contributed by atoms with Gasteiger partial charge in [-0.25, -0.2) is 0 Å². The predicted molar refractivity (Wildman–Crippen MR) is 65.4 cm³/mol. The molecule has 6 heteroatoms. The predicted octanol–water partition coefficient (Wildman–Crippen LogP) is 2.45. The zero-order valence-electron chi connectivity index (χ0n) is 11.0. The molecule has 2 fully saturated rings. The van der Waals surface area contributed by atoms with E-state index in [2.05, 4.69) is 0 Å².